The van der Waals surface area contributed by atoms with Gasteiger partial charge in [0.05, 0.1) is 4.92 Å². The molecule has 32 heavy (non-hydrogen) atoms. The van der Waals surface area contributed by atoms with Crippen LogP contribution in [0.2, 0.25) is 0 Å². The molecular formula is C23H22N6O3. The molecule has 2 aromatic heterocycles. The van der Waals surface area contributed by atoms with Crippen LogP contribution in [0.5, 0.6) is 0 Å². The van der Waals surface area contributed by atoms with E-state index in [-0.39, 0.29) is 11.6 Å². The molecule has 1 amide bonds. The van der Waals surface area contributed by atoms with Gasteiger partial charge in [-0.2, -0.15) is 0 Å². The number of rotatable bonds is 4. The van der Waals surface area contributed by atoms with E-state index in [9.17, 15) is 14.9 Å². The highest BCUT2D eigenvalue weighted by atomic mass is 16.6. The fraction of sp³-hybridized carbons (Fsp3) is 0.304. The van der Waals surface area contributed by atoms with Crippen molar-refractivity contribution >= 4 is 17.4 Å². The molecule has 1 aliphatic carbocycles. The molecule has 1 fully saturated rings. The lowest BCUT2D eigenvalue weighted by Crippen LogP contribution is -2.49. The van der Waals surface area contributed by atoms with E-state index in [0.717, 1.165) is 36.3 Å². The summed E-state index contributed by atoms with van der Waals surface area (Å²) in [6.45, 7) is 2.49. The topological polar surface area (TPSA) is 105 Å². The first-order valence-corrected chi connectivity index (χ1v) is 10.7. The van der Waals surface area contributed by atoms with Gasteiger partial charge in [-0.25, -0.2) is 9.97 Å². The van der Waals surface area contributed by atoms with E-state index in [2.05, 4.69) is 9.88 Å². The summed E-state index contributed by atoms with van der Waals surface area (Å²) in [5.74, 6) is 1.58. The highest BCUT2D eigenvalue weighted by Gasteiger charge is 2.28. The van der Waals surface area contributed by atoms with Gasteiger partial charge in [0, 0.05) is 73.1 Å². The Balaban J connectivity index is 1.33. The number of anilines is 1. The van der Waals surface area contributed by atoms with Crippen LogP contribution < -0.4 is 4.90 Å². The Labute approximate surface area is 184 Å². The number of piperazine rings is 1. The predicted molar refractivity (Wildman–Crippen MR) is 119 cm³/mol. The minimum atomic E-state index is -0.465. The third-order valence-electron chi connectivity index (χ3n) is 6.04. The molecule has 2 aliphatic rings. The highest BCUT2D eigenvalue weighted by molar-refractivity contribution is 5.94. The Morgan fingerprint density at radius 1 is 0.938 bits per heavy atom. The van der Waals surface area contributed by atoms with Gasteiger partial charge >= 0.3 is 0 Å². The van der Waals surface area contributed by atoms with Gasteiger partial charge in [-0.05, 0) is 43.5 Å². The normalized spacial score (nSPS) is 15.5. The minimum Gasteiger partial charge on any atom is -0.353 e. The highest BCUT2D eigenvalue weighted by Crippen LogP contribution is 2.32. The smallest absolute Gasteiger partial charge is 0.269 e. The number of pyridine rings is 1. The van der Waals surface area contributed by atoms with Crippen molar-refractivity contribution < 1.29 is 9.72 Å². The summed E-state index contributed by atoms with van der Waals surface area (Å²) in [7, 11) is 0. The van der Waals surface area contributed by atoms with E-state index in [1.54, 1.807) is 17.3 Å². The summed E-state index contributed by atoms with van der Waals surface area (Å²) in [6, 6.07) is 9.61. The second kappa shape index (κ2) is 8.33. The molecule has 162 valence electrons. The first-order valence-electron chi connectivity index (χ1n) is 10.7. The van der Waals surface area contributed by atoms with E-state index in [4.69, 9.17) is 9.97 Å². The number of carbonyl (C=O) groups excluding carboxylic acids is 1. The molecule has 0 bridgehead atoms. The Morgan fingerprint density at radius 2 is 1.66 bits per heavy atom. The fourth-order valence-electron chi connectivity index (χ4n) is 4.33. The van der Waals surface area contributed by atoms with Crippen molar-refractivity contribution in [1.82, 2.24) is 19.9 Å². The first kappa shape index (κ1) is 20.0. The molecule has 0 atom stereocenters. The quantitative estimate of drug-likeness (QED) is 0.463. The Bertz CT molecular complexity index is 1160. The van der Waals surface area contributed by atoms with Crippen LogP contribution in [0.1, 0.15) is 28.0 Å². The standard InChI is InChI=1S/C23H22N6O3/c30-23(17-4-6-18(7-5-17)29(31)32)28-14-12-27(13-15-28)22-19-2-1-3-20(19)25-21(26-22)16-8-10-24-11-9-16/h4-11H,1-3,12-15H2. The van der Waals surface area contributed by atoms with Crippen LogP contribution in [0.4, 0.5) is 11.5 Å². The predicted octanol–water partition coefficient (Wildman–Crippen LogP) is 2.90. The summed E-state index contributed by atoms with van der Waals surface area (Å²) in [5.41, 5.74) is 3.73. The summed E-state index contributed by atoms with van der Waals surface area (Å²) < 4.78 is 0. The van der Waals surface area contributed by atoms with E-state index < -0.39 is 4.92 Å². The maximum Gasteiger partial charge on any atom is 0.269 e. The largest absolute Gasteiger partial charge is 0.353 e. The average Bonchev–Trinajstić information content (AvgIpc) is 3.32. The number of fused-ring (bicyclic) bond motifs is 1. The van der Waals surface area contributed by atoms with E-state index in [1.165, 1.54) is 29.8 Å². The number of hydrogen-bond acceptors (Lipinski definition) is 7. The van der Waals surface area contributed by atoms with Crippen molar-refractivity contribution in [2.45, 2.75) is 19.3 Å². The summed E-state index contributed by atoms with van der Waals surface area (Å²) in [4.78, 5) is 41.1. The van der Waals surface area contributed by atoms with Crippen molar-refractivity contribution in [3.8, 4) is 11.4 Å². The molecule has 3 heterocycles. The van der Waals surface area contributed by atoms with E-state index in [1.807, 2.05) is 12.1 Å². The molecule has 1 aliphatic heterocycles. The number of carbonyl (C=O) groups is 1. The van der Waals surface area contributed by atoms with Crippen molar-refractivity contribution in [3.05, 3.63) is 75.7 Å². The molecule has 9 nitrogen and oxygen atoms in total. The zero-order valence-corrected chi connectivity index (χ0v) is 17.5. The monoisotopic (exact) mass is 430 g/mol. The van der Waals surface area contributed by atoms with Crippen LogP contribution in [-0.2, 0) is 12.8 Å². The average molecular weight is 430 g/mol. The first-order chi connectivity index (χ1) is 15.6. The molecule has 0 saturated carbocycles. The summed E-state index contributed by atoms with van der Waals surface area (Å²) >= 11 is 0. The van der Waals surface area contributed by atoms with Crippen LogP contribution in [0.25, 0.3) is 11.4 Å². The Morgan fingerprint density at radius 3 is 2.34 bits per heavy atom. The van der Waals surface area contributed by atoms with Gasteiger partial charge in [0.15, 0.2) is 5.82 Å². The van der Waals surface area contributed by atoms with Crippen LogP contribution in [-0.4, -0.2) is 56.9 Å². The zero-order valence-electron chi connectivity index (χ0n) is 17.5. The summed E-state index contributed by atoms with van der Waals surface area (Å²) in [6.07, 6.45) is 6.50. The number of hydrogen-bond donors (Lipinski definition) is 0. The molecule has 0 spiro atoms. The van der Waals surface area contributed by atoms with Gasteiger partial charge in [-0.3, -0.25) is 19.9 Å². The van der Waals surface area contributed by atoms with Crippen LogP contribution in [0.3, 0.4) is 0 Å². The second-order valence-corrected chi connectivity index (χ2v) is 7.97. The molecule has 0 unspecified atom stereocenters. The molecule has 0 N–H and O–H groups in total. The molecule has 0 radical (unpaired) electrons. The maximum atomic E-state index is 12.9. The van der Waals surface area contributed by atoms with E-state index in [0.29, 0.717) is 37.6 Å². The Hall–Kier alpha value is -3.88. The third-order valence-corrected chi connectivity index (χ3v) is 6.04. The number of aryl methyl sites for hydroxylation is 1. The van der Waals surface area contributed by atoms with Gasteiger partial charge in [-0.15, -0.1) is 0 Å². The van der Waals surface area contributed by atoms with Gasteiger partial charge in [-0.1, -0.05) is 0 Å². The molecular weight excluding hydrogens is 408 g/mol. The molecule has 5 rings (SSSR count). The van der Waals surface area contributed by atoms with Crippen molar-refractivity contribution in [2.75, 3.05) is 31.1 Å². The SMILES string of the molecule is O=C(c1ccc([N+](=O)[O-])cc1)N1CCN(c2nc(-c3ccncc3)nc3c2CCC3)CC1. The van der Waals surface area contributed by atoms with Crippen molar-refractivity contribution in [3.63, 3.8) is 0 Å². The minimum absolute atomic E-state index is 0.0195. The fourth-order valence-corrected chi connectivity index (χ4v) is 4.33. The van der Waals surface area contributed by atoms with Gasteiger partial charge in [0.1, 0.15) is 5.82 Å². The van der Waals surface area contributed by atoms with Crippen LogP contribution in [0.15, 0.2) is 48.8 Å². The third kappa shape index (κ3) is 3.77. The molecule has 3 aromatic rings. The molecule has 9 heteroatoms. The van der Waals surface area contributed by atoms with Gasteiger partial charge < -0.3 is 9.80 Å². The molecule has 1 saturated heterocycles. The lowest BCUT2D eigenvalue weighted by atomic mass is 10.1. The second-order valence-electron chi connectivity index (χ2n) is 7.97. The Kier molecular flexibility index (Phi) is 5.22. The lowest BCUT2D eigenvalue weighted by Gasteiger charge is -2.36. The van der Waals surface area contributed by atoms with Crippen LogP contribution in [0, 0.1) is 10.1 Å². The summed E-state index contributed by atoms with van der Waals surface area (Å²) in [5, 5.41) is 10.8. The van der Waals surface area contributed by atoms with Crippen molar-refractivity contribution in [2.24, 2.45) is 0 Å². The number of amides is 1. The van der Waals surface area contributed by atoms with Gasteiger partial charge in [0.25, 0.3) is 11.6 Å². The number of nitro benzene ring substituents is 1. The number of nitro groups is 1. The number of non-ortho nitro benzene ring substituents is 1. The number of aromatic nitrogens is 3. The van der Waals surface area contributed by atoms with Gasteiger partial charge in [0.2, 0.25) is 0 Å². The lowest BCUT2D eigenvalue weighted by molar-refractivity contribution is -0.384. The number of nitrogens with zero attached hydrogens (tertiary/aromatic N) is 6. The van der Waals surface area contributed by atoms with Crippen LogP contribution >= 0.6 is 0 Å². The molecule has 1 aromatic carbocycles. The maximum absolute atomic E-state index is 12.9. The van der Waals surface area contributed by atoms with E-state index >= 15 is 0 Å². The van der Waals surface area contributed by atoms with Crippen molar-refractivity contribution in [1.29, 1.82) is 0 Å². The number of benzene rings is 1. The zero-order chi connectivity index (χ0) is 22.1.